The number of esters is 1. The molecule has 12 heteroatoms. The third-order valence-electron chi connectivity index (χ3n) is 11.8. The number of amides is 3. The molecule has 1 rings (SSSR count). The van der Waals surface area contributed by atoms with Gasteiger partial charge in [0.2, 0.25) is 11.8 Å². The average molecular weight is 954 g/mol. The third kappa shape index (κ3) is 35.1. The highest BCUT2D eigenvalue weighted by Gasteiger charge is 2.27. The number of benzene rings is 1. The standard InChI is InChI=1S/C53H94Cl2N4O6/c1-6-8-10-12-14-16-18-20-22-24-26-28-30-32-49(60)56-43-46(57-50(61)33-31-29-27-25-23-21-19-17-15-13-11-9-7-2)44-64-51(62)48(58-52(63)65-53(3,4)5)42-45-34-36-47(37-35-45)59(40-38-54)41-39-55/h34-37,46,48H,6-33,38-44H2,1-5H3,(H,56,60)(H,57,61)(H,58,63)/t46?,48-/m0/s1. The number of hydrogen-bond acceptors (Lipinski definition) is 7. The van der Waals surface area contributed by atoms with Crippen molar-refractivity contribution in [3.8, 4) is 0 Å². The Bertz CT molecular complexity index is 1340. The van der Waals surface area contributed by atoms with Crippen LogP contribution >= 0.6 is 23.2 Å². The Hall–Kier alpha value is -2.72. The van der Waals surface area contributed by atoms with Crippen LogP contribution in [0.1, 0.15) is 220 Å². The van der Waals surface area contributed by atoms with Crippen LogP contribution in [0.2, 0.25) is 0 Å². The van der Waals surface area contributed by atoms with Crippen molar-refractivity contribution in [2.75, 3.05) is 42.9 Å². The lowest BCUT2D eigenvalue weighted by molar-refractivity contribution is -0.147. The molecule has 1 aromatic rings. The summed E-state index contributed by atoms with van der Waals surface area (Å²) in [6, 6.07) is 5.97. The van der Waals surface area contributed by atoms with Crippen molar-refractivity contribution in [1.82, 2.24) is 16.0 Å². The molecule has 376 valence electrons. The molecule has 0 heterocycles. The van der Waals surface area contributed by atoms with Crippen LogP contribution in [-0.2, 0) is 30.3 Å². The summed E-state index contributed by atoms with van der Waals surface area (Å²) in [5, 5.41) is 8.70. The van der Waals surface area contributed by atoms with E-state index in [0.717, 1.165) is 49.8 Å². The van der Waals surface area contributed by atoms with Crippen molar-refractivity contribution in [1.29, 1.82) is 0 Å². The number of alkyl halides is 2. The highest BCUT2D eigenvalue weighted by Crippen LogP contribution is 2.19. The maximum atomic E-state index is 13.8. The first-order chi connectivity index (χ1) is 31.4. The zero-order valence-electron chi connectivity index (χ0n) is 41.9. The maximum Gasteiger partial charge on any atom is 0.408 e. The van der Waals surface area contributed by atoms with Crippen LogP contribution in [-0.4, -0.2) is 79.6 Å². The summed E-state index contributed by atoms with van der Waals surface area (Å²) in [6.45, 7) is 11.0. The van der Waals surface area contributed by atoms with E-state index in [4.69, 9.17) is 32.7 Å². The summed E-state index contributed by atoms with van der Waals surface area (Å²) in [4.78, 5) is 54.9. The number of anilines is 1. The third-order valence-corrected chi connectivity index (χ3v) is 12.1. The number of carbonyl (C=O) groups excluding carboxylic acids is 4. The zero-order valence-corrected chi connectivity index (χ0v) is 43.4. The Kier molecular flexibility index (Phi) is 37.4. The van der Waals surface area contributed by atoms with Gasteiger partial charge in [0, 0.05) is 56.3 Å². The topological polar surface area (TPSA) is 126 Å². The van der Waals surface area contributed by atoms with Gasteiger partial charge >= 0.3 is 12.1 Å². The highest BCUT2D eigenvalue weighted by molar-refractivity contribution is 6.18. The quantitative estimate of drug-likeness (QED) is 0.0338. The van der Waals surface area contributed by atoms with E-state index in [9.17, 15) is 19.2 Å². The van der Waals surface area contributed by atoms with Crippen molar-refractivity contribution in [2.45, 2.75) is 239 Å². The number of hydrogen-bond donors (Lipinski definition) is 3. The molecule has 1 aromatic carbocycles. The number of alkyl carbamates (subject to hydrolysis) is 1. The number of ether oxygens (including phenoxy) is 2. The second kappa shape index (κ2) is 40.4. The SMILES string of the molecule is CCCCCCCCCCCCCCCC(=O)NCC(COC(=O)[C@H](Cc1ccc(N(CCCl)CCCl)cc1)NC(=O)OC(C)(C)C)NC(=O)CCCCCCCCCCCCCCC. The molecule has 0 bridgehead atoms. The minimum Gasteiger partial charge on any atom is -0.462 e. The molecule has 3 amide bonds. The summed E-state index contributed by atoms with van der Waals surface area (Å²) in [5.41, 5.74) is 0.969. The lowest BCUT2D eigenvalue weighted by Gasteiger charge is -2.25. The summed E-state index contributed by atoms with van der Waals surface area (Å²) < 4.78 is 11.3. The second-order valence-corrected chi connectivity index (χ2v) is 19.9. The van der Waals surface area contributed by atoms with E-state index in [-0.39, 0.29) is 31.4 Å². The Morgan fingerprint density at radius 3 is 1.42 bits per heavy atom. The molecule has 0 aliphatic carbocycles. The molecular weight excluding hydrogens is 860 g/mol. The van der Waals surface area contributed by atoms with E-state index in [1.54, 1.807) is 20.8 Å². The summed E-state index contributed by atoms with van der Waals surface area (Å²) in [5.74, 6) is 0.0201. The van der Waals surface area contributed by atoms with E-state index >= 15 is 0 Å². The number of nitrogens with zero attached hydrogens (tertiary/aromatic N) is 1. The summed E-state index contributed by atoms with van der Waals surface area (Å²) >= 11 is 12.0. The molecule has 0 aliphatic heterocycles. The normalized spacial score (nSPS) is 12.4. The van der Waals surface area contributed by atoms with Gasteiger partial charge in [-0.2, -0.15) is 0 Å². The fourth-order valence-corrected chi connectivity index (χ4v) is 8.37. The van der Waals surface area contributed by atoms with E-state index in [1.807, 2.05) is 24.3 Å². The Morgan fingerprint density at radius 2 is 1.00 bits per heavy atom. The first-order valence-electron chi connectivity index (χ1n) is 26.1. The Balaban J connectivity index is 2.80. The molecule has 0 aromatic heterocycles. The van der Waals surface area contributed by atoms with E-state index in [1.165, 1.54) is 128 Å². The maximum absolute atomic E-state index is 13.8. The number of rotatable bonds is 42. The first kappa shape index (κ1) is 60.3. The van der Waals surface area contributed by atoms with Gasteiger partial charge in [-0.3, -0.25) is 9.59 Å². The van der Waals surface area contributed by atoms with Crippen LogP contribution in [0.4, 0.5) is 10.5 Å². The number of unbranched alkanes of at least 4 members (excludes halogenated alkanes) is 24. The molecule has 65 heavy (non-hydrogen) atoms. The van der Waals surface area contributed by atoms with Gasteiger partial charge in [0.15, 0.2) is 0 Å². The lowest BCUT2D eigenvalue weighted by Crippen LogP contribution is -2.49. The molecule has 0 radical (unpaired) electrons. The average Bonchev–Trinajstić information content (AvgIpc) is 3.27. The first-order valence-corrected chi connectivity index (χ1v) is 27.2. The van der Waals surface area contributed by atoms with Crippen LogP contribution in [0.3, 0.4) is 0 Å². The van der Waals surface area contributed by atoms with Gasteiger partial charge < -0.3 is 30.3 Å². The fourth-order valence-electron chi connectivity index (χ4n) is 7.96. The van der Waals surface area contributed by atoms with Gasteiger partial charge in [-0.05, 0) is 51.3 Å². The van der Waals surface area contributed by atoms with Gasteiger partial charge in [-0.25, -0.2) is 9.59 Å². The van der Waals surface area contributed by atoms with Crippen LogP contribution in [0.5, 0.6) is 0 Å². The van der Waals surface area contributed by atoms with Gasteiger partial charge in [0.05, 0.1) is 6.04 Å². The van der Waals surface area contributed by atoms with E-state index in [2.05, 4.69) is 34.7 Å². The number of halogens is 2. The lowest BCUT2D eigenvalue weighted by atomic mass is 10.0. The van der Waals surface area contributed by atoms with Crippen LogP contribution in [0, 0.1) is 0 Å². The van der Waals surface area contributed by atoms with Gasteiger partial charge in [-0.15, -0.1) is 23.2 Å². The van der Waals surface area contributed by atoms with Crippen molar-refractivity contribution in [3.05, 3.63) is 29.8 Å². The molecule has 10 nitrogen and oxygen atoms in total. The van der Waals surface area contributed by atoms with E-state index in [0.29, 0.717) is 37.7 Å². The Labute approximate surface area is 406 Å². The zero-order chi connectivity index (χ0) is 47.8. The van der Waals surface area contributed by atoms with Gasteiger partial charge in [0.1, 0.15) is 18.2 Å². The molecular formula is C53H94Cl2N4O6. The van der Waals surface area contributed by atoms with Crippen molar-refractivity contribution in [3.63, 3.8) is 0 Å². The number of nitrogens with one attached hydrogen (secondary N) is 3. The van der Waals surface area contributed by atoms with Crippen molar-refractivity contribution < 1.29 is 28.7 Å². The van der Waals surface area contributed by atoms with Crippen LogP contribution in [0.15, 0.2) is 24.3 Å². The minimum atomic E-state index is -1.07. The highest BCUT2D eigenvalue weighted by atomic mass is 35.5. The van der Waals surface area contributed by atoms with Crippen molar-refractivity contribution >= 4 is 52.8 Å². The predicted octanol–water partition coefficient (Wildman–Crippen LogP) is 13.5. The Morgan fingerprint density at radius 1 is 0.585 bits per heavy atom. The van der Waals surface area contributed by atoms with Crippen molar-refractivity contribution in [2.24, 2.45) is 0 Å². The largest absolute Gasteiger partial charge is 0.462 e. The van der Waals surface area contributed by atoms with E-state index < -0.39 is 29.7 Å². The van der Waals surface area contributed by atoms with Crippen LogP contribution < -0.4 is 20.9 Å². The van der Waals surface area contributed by atoms with Gasteiger partial charge in [0.25, 0.3) is 0 Å². The molecule has 2 atom stereocenters. The molecule has 1 unspecified atom stereocenters. The summed E-state index contributed by atoms with van der Waals surface area (Å²) in [7, 11) is 0. The van der Waals surface area contributed by atoms with Gasteiger partial charge in [-0.1, -0.05) is 180 Å². The fraction of sp³-hybridized carbons (Fsp3) is 0.811. The molecule has 3 N–H and O–H groups in total. The smallest absolute Gasteiger partial charge is 0.408 e. The summed E-state index contributed by atoms with van der Waals surface area (Å²) in [6.07, 6.45) is 32.2. The number of carbonyl (C=O) groups is 4. The monoisotopic (exact) mass is 953 g/mol. The molecule has 0 saturated heterocycles. The van der Waals surface area contributed by atoms with Crippen LogP contribution in [0.25, 0.3) is 0 Å². The molecule has 0 saturated carbocycles. The second-order valence-electron chi connectivity index (χ2n) is 19.1. The molecule has 0 fully saturated rings. The molecule has 0 spiro atoms. The molecule has 0 aliphatic rings. The predicted molar refractivity (Wildman–Crippen MR) is 273 cm³/mol. The minimum absolute atomic E-state index is 0.0845.